The Kier molecular flexibility index (Phi) is 7.05. The smallest absolute Gasteiger partial charge is 0.258 e. The number of amides is 2. The van der Waals surface area contributed by atoms with Gasteiger partial charge in [0.2, 0.25) is 0 Å². The molecule has 0 fully saturated rings. The van der Waals surface area contributed by atoms with Gasteiger partial charge in [-0.25, -0.2) is 0 Å². The van der Waals surface area contributed by atoms with E-state index in [1.54, 1.807) is 43.5 Å². The van der Waals surface area contributed by atoms with Gasteiger partial charge in [-0.15, -0.1) is 0 Å². The standard InChI is InChI=1S/C24H24N2O4/c1-17(25-23(27)16-30-22-13-11-21(29-2)12-14-22)19-9-6-10-20(15-19)26-24(28)18-7-4-3-5-8-18/h3-15,17H,16H2,1-2H3,(H,25,27)(H,26,28)/t17-/m0/s1. The van der Waals surface area contributed by atoms with Crippen molar-refractivity contribution in [3.63, 3.8) is 0 Å². The molecule has 0 bridgehead atoms. The van der Waals surface area contributed by atoms with Gasteiger partial charge in [-0.3, -0.25) is 9.59 Å². The molecule has 30 heavy (non-hydrogen) atoms. The molecule has 2 amide bonds. The zero-order valence-electron chi connectivity index (χ0n) is 16.9. The van der Waals surface area contributed by atoms with Crippen molar-refractivity contribution in [3.05, 3.63) is 90.0 Å². The largest absolute Gasteiger partial charge is 0.497 e. The fourth-order valence-corrected chi connectivity index (χ4v) is 2.87. The number of benzene rings is 3. The first-order chi connectivity index (χ1) is 14.5. The molecule has 3 rings (SSSR count). The summed E-state index contributed by atoms with van der Waals surface area (Å²) >= 11 is 0. The molecule has 1 atom stereocenters. The third-order valence-electron chi connectivity index (χ3n) is 4.49. The number of anilines is 1. The van der Waals surface area contributed by atoms with Gasteiger partial charge in [0, 0.05) is 11.3 Å². The van der Waals surface area contributed by atoms with E-state index in [2.05, 4.69) is 10.6 Å². The van der Waals surface area contributed by atoms with Crippen LogP contribution in [-0.4, -0.2) is 25.5 Å². The summed E-state index contributed by atoms with van der Waals surface area (Å²) in [6, 6.07) is 23.2. The summed E-state index contributed by atoms with van der Waals surface area (Å²) in [6.45, 7) is 1.78. The molecule has 0 heterocycles. The Morgan fingerprint density at radius 3 is 2.30 bits per heavy atom. The second kappa shape index (κ2) is 10.1. The monoisotopic (exact) mass is 404 g/mol. The number of nitrogens with one attached hydrogen (secondary N) is 2. The van der Waals surface area contributed by atoms with E-state index in [1.165, 1.54) is 0 Å². The molecule has 0 spiro atoms. The Labute approximate surface area is 175 Å². The van der Waals surface area contributed by atoms with Crippen molar-refractivity contribution in [2.75, 3.05) is 19.0 Å². The fourth-order valence-electron chi connectivity index (χ4n) is 2.87. The highest BCUT2D eigenvalue weighted by Gasteiger charge is 2.12. The molecule has 0 saturated carbocycles. The Morgan fingerprint density at radius 2 is 1.60 bits per heavy atom. The molecule has 2 N–H and O–H groups in total. The van der Waals surface area contributed by atoms with E-state index >= 15 is 0 Å². The summed E-state index contributed by atoms with van der Waals surface area (Å²) in [4.78, 5) is 24.6. The van der Waals surface area contributed by atoms with Crippen LogP contribution in [0.2, 0.25) is 0 Å². The van der Waals surface area contributed by atoms with E-state index < -0.39 is 0 Å². The number of hydrogen-bond donors (Lipinski definition) is 2. The van der Waals surface area contributed by atoms with Gasteiger partial charge in [-0.05, 0) is 61.0 Å². The van der Waals surface area contributed by atoms with E-state index in [1.807, 2.05) is 49.4 Å². The molecule has 0 saturated heterocycles. The normalized spacial score (nSPS) is 11.3. The second-order valence-corrected chi connectivity index (χ2v) is 6.70. The predicted molar refractivity (Wildman–Crippen MR) is 116 cm³/mol. The number of ether oxygens (including phenoxy) is 2. The Hall–Kier alpha value is -3.80. The van der Waals surface area contributed by atoms with Gasteiger partial charge >= 0.3 is 0 Å². The number of rotatable bonds is 8. The lowest BCUT2D eigenvalue weighted by molar-refractivity contribution is -0.123. The first-order valence-electron chi connectivity index (χ1n) is 9.58. The average molecular weight is 404 g/mol. The maximum Gasteiger partial charge on any atom is 0.258 e. The SMILES string of the molecule is COc1ccc(OCC(=O)N[C@@H](C)c2cccc(NC(=O)c3ccccc3)c2)cc1. The summed E-state index contributed by atoms with van der Waals surface area (Å²) in [7, 11) is 1.59. The van der Waals surface area contributed by atoms with E-state index in [4.69, 9.17) is 9.47 Å². The lowest BCUT2D eigenvalue weighted by Crippen LogP contribution is -2.31. The van der Waals surface area contributed by atoms with Crippen LogP contribution in [0.4, 0.5) is 5.69 Å². The van der Waals surface area contributed by atoms with Crippen LogP contribution in [0.3, 0.4) is 0 Å². The number of methoxy groups -OCH3 is 1. The lowest BCUT2D eigenvalue weighted by Gasteiger charge is -2.16. The molecule has 154 valence electrons. The molecular formula is C24H24N2O4. The maximum absolute atomic E-state index is 12.3. The van der Waals surface area contributed by atoms with Gasteiger partial charge in [0.1, 0.15) is 11.5 Å². The number of carbonyl (C=O) groups excluding carboxylic acids is 2. The van der Waals surface area contributed by atoms with Crippen LogP contribution in [0.1, 0.15) is 28.9 Å². The van der Waals surface area contributed by atoms with Gasteiger partial charge in [0.15, 0.2) is 6.61 Å². The van der Waals surface area contributed by atoms with Crippen LogP contribution in [-0.2, 0) is 4.79 Å². The van der Waals surface area contributed by atoms with Gasteiger partial charge in [0.05, 0.1) is 13.2 Å². The van der Waals surface area contributed by atoms with Crippen LogP contribution in [0.5, 0.6) is 11.5 Å². The van der Waals surface area contributed by atoms with Gasteiger partial charge in [-0.1, -0.05) is 30.3 Å². The van der Waals surface area contributed by atoms with Crippen molar-refractivity contribution in [1.29, 1.82) is 0 Å². The van der Waals surface area contributed by atoms with Crippen molar-refractivity contribution in [2.24, 2.45) is 0 Å². The quantitative estimate of drug-likeness (QED) is 0.590. The van der Waals surface area contributed by atoms with Crippen LogP contribution in [0, 0.1) is 0 Å². The maximum atomic E-state index is 12.3. The second-order valence-electron chi connectivity index (χ2n) is 6.70. The van der Waals surface area contributed by atoms with Crippen molar-refractivity contribution in [1.82, 2.24) is 5.32 Å². The average Bonchev–Trinajstić information content (AvgIpc) is 2.78. The van der Waals surface area contributed by atoms with Gasteiger partial charge < -0.3 is 20.1 Å². The first kappa shape index (κ1) is 20.9. The van der Waals surface area contributed by atoms with Gasteiger partial charge in [0.25, 0.3) is 11.8 Å². The third-order valence-corrected chi connectivity index (χ3v) is 4.49. The zero-order chi connectivity index (χ0) is 21.3. The predicted octanol–water partition coefficient (Wildman–Crippen LogP) is 4.20. The summed E-state index contributed by atoms with van der Waals surface area (Å²) in [5, 5.41) is 5.78. The van der Waals surface area contributed by atoms with Crippen molar-refractivity contribution in [3.8, 4) is 11.5 Å². The molecular weight excluding hydrogens is 380 g/mol. The molecule has 0 aliphatic heterocycles. The molecule has 6 nitrogen and oxygen atoms in total. The van der Waals surface area contributed by atoms with Crippen LogP contribution < -0.4 is 20.1 Å². The van der Waals surface area contributed by atoms with E-state index in [0.717, 1.165) is 11.3 Å². The highest BCUT2D eigenvalue weighted by molar-refractivity contribution is 6.04. The van der Waals surface area contributed by atoms with Crippen molar-refractivity contribution in [2.45, 2.75) is 13.0 Å². The molecule has 0 radical (unpaired) electrons. The highest BCUT2D eigenvalue weighted by Crippen LogP contribution is 2.19. The molecule has 0 aliphatic carbocycles. The topological polar surface area (TPSA) is 76.7 Å². The molecule has 6 heteroatoms. The molecule has 0 aliphatic rings. The van der Waals surface area contributed by atoms with E-state index in [-0.39, 0.29) is 24.5 Å². The third kappa shape index (κ3) is 5.85. The summed E-state index contributed by atoms with van der Waals surface area (Å²) in [5.41, 5.74) is 2.12. The number of carbonyl (C=O) groups is 2. The summed E-state index contributed by atoms with van der Waals surface area (Å²) in [6.07, 6.45) is 0. The van der Waals surface area contributed by atoms with E-state index in [0.29, 0.717) is 17.0 Å². The Bertz CT molecular complexity index is 988. The van der Waals surface area contributed by atoms with Crippen LogP contribution in [0.25, 0.3) is 0 Å². The minimum Gasteiger partial charge on any atom is -0.497 e. The highest BCUT2D eigenvalue weighted by atomic mass is 16.5. The number of hydrogen-bond acceptors (Lipinski definition) is 4. The first-order valence-corrected chi connectivity index (χ1v) is 9.58. The van der Waals surface area contributed by atoms with Crippen molar-refractivity contribution < 1.29 is 19.1 Å². The molecule has 0 aromatic heterocycles. The summed E-state index contributed by atoms with van der Waals surface area (Å²) < 4.78 is 10.6. The minimum absolute atomic E-state index is 0.0961. The minimum atomic E-state index is -0.245. The summed E-state index contributed by atoms with van der Waals surface area (Å²) in [5.74, 6) is 0.887. The Balaban J connectivity index is 1.54. The van der Waals surface area contributed by atoms with E-state index in [9.17, 15) is 9.59 Å². The zero-order valence-corrected chi connectivity index (χ0v) is 16.9. The molecule has 3 aromatic carbocycles. The molecule has 0 unspecified atom stereocenters. The van der Waals surface area contributed by atoms with Crippen LogP contribution in [0.15, 0.2) is 78.9 Å². The fraction of sp³-hybridized carbons (Fsp3) is 0.167. The lowest BCUT2D eigenvalue weighted by atomic mass is 10.1. The van der Waals surface area contributed by atoms with Crippen LogP contribution >= 0.6 is 0 Å². The molecule has 3 aromatic rings. The Morgan fingerprint density at radius 1 is 0.900 bits per heavy atom. The van der Waals surface area contributed by atoms with Crippen molar-refractivity contribution >= 4 is 17.5 Å². The van der Waals surface area contributed by atoms with Gasteiger partial charge in [-0.2, -0.15) is 0 Å².